The minimum absolute atomic E-state index is 0.336. The Morgan fingerprint density at radius 3 is 2.13 bits per heavy atom. The first kappa shape index (κ1) is 23.0. The van der Waals surface area contributed by atoms with E-state index in [2.05, 4.69) is 16.2 Å². The summed E-state index contributed by atoms with van der Waals surface area (Å²) in [6.07, 6.45) is 0. The number of carbonyl (C=O) groups is 2. The first-order valence-corrected chi connectivity index (χ1v) is 8.72. The number of methoxy groups -OCH3 is 1. The summed E-state index contributed by atoms with van der Waals surface area (Å²) in [5.74, 6) is -0.835. The Morgan fingerprint density at radius 1 is 1.00 bits per heavy atom. The summed E-state index contributed by atoms with van der Waals surface area (Å²) in [5.41, 5.74) is 2.78. The van der Waals surface area contributed by atoms with Crippen LogP contribution in [0.25, 0.3) is 0 Å². The molecule has 2 amide bonds. The van der Waals surface area contributed by atoms with Crippen molar-refractivity contribution < 1.29 is 28.9 Å². The Labute approximate surface area is 179 Å². The van der Waals surface area contributed by atoms with Crippen molar-refractivity contribution in [1.29, 1.82) is 0 Å². The number of hydrazine groups is 1. The first-order valence-electron chi connectivity index (χ1n) is 8.31. The van der Waals surface area contributed by atoms with Crippen molar-refractivity contribution in [2.75, 3.05) is 13.7 Å². The lowest BCUT2D eigenvalue weighted by Crippen LogP contribution is -2.49. The third-order valence-corrected chi connectivity index (χ3v) is 3.76. The maximum Gasteiger partial charge on any atom is 0.277 e. The van der Waals surface area contributed by atoms with Crippen molar-refractivity contribution in [3.8, 4) is 11.5 Å². The summed E-state index contributed by atoms with van der Waals surface area (Å²) in [6.45, 7) is -0.402. The van der Waals surface area contributed by atoms with Gasteiger partial charge in [0.15, 0.2) is 23.2 Å². The lowest BCUT2D eigenvalue weighted by molar-refractivity contribution is -0.394. The van der Waals surface area contributed by atoms with Gasteiger partial charge in [-0.2, -0.15) is 0 Å². The zero-order valence-corrected chi connectivity index (χ0v) is 16.6. The lowest BCUT2D eigenvalue weighted by Gasteiger charge is -2.12. The number of hydrogen-bond donors (Lipinski definition) is 3. The molecule has 0 saturated carbocycles. The number of thiocarbonyl (C=S) groups is 1. The quantitative estimate of drug-likeness (QED) is 0.317. The molecule has 0 aliphatic carbocycles. The molecule has 14 heteroatoms. The number of benzene rings is 2. The van der Waals surface area contributed by atoms with Gasteiger partial charge in [-0.15, -0.1) is 0 Å². The third kappa shape index (κ3) is 6.60. The first-order chi connectivity index (χ1) is 14.7. The molecular weight excluding hydrogens is 434 g/mol. The summed E-state index contributed by atoms with van der Waals surface area (Å²) in [7, 11) is 1.45. The summed E-state index contributed by atoms with van der Waals surface area (Å²) >= 11 is 4.85. The van der Waals surface area contributed by atoms with Crippen LogP contribution in [0.4, 0.5) is 11.4 Å². The predicted octanol–water partition coefficient (Wildman–Crippen LogP) is 1.23. The summed E-state index contributed by atoms with van der Waals surface area (Å²) < 4.78 is 10.4. The predicted molar refractivity (Wildman–Crippen MR) is 110 cm³/mol. The van der Waals surface area contributed by atoms with Crippen molar-refractivity contribution in [1.82, 2.24) is 16.2 Å². The zero-order chi connectivity index (χ0) is 23.0. The second-order valence-corrected chi connectivity index (χ2v) is 6.06. The van der Waals surface area contributed by atoms with Gasteiger partial charge in [0, 0.05) is 12.1 Å². The Morgan fingerprint density at radius 2 is 1.58 bits per heavy atom. The molecule has 0 spiro atoms. The number of rotatable bonds is 7. The second-order valence-electron chi connectivity index (χ2n) is 5.65. The van der Waals surface area contributed by atoms with E-state index in [9.17, 15) is 29.8 Å². The Balaban J connectivity index is 1.91. The maximum atomic E-state index is 12.2. The van der Waals surface area contributed by atoms with Gasteiger partial charge >= 0.3 is 0 Å². The monoisotopic (exact) mass is 449 g/mol. The number of ether oxygens (including phenoxy) is 2. The molecule has 0 atom stereocenters. The van der Waals surface area contributed by atoms with Crippen molar-refractivity contribution in [3.63, 3.8) is 0 Å². The van der Waals surface area contributed by atoms with E-state index in [1.165, 1.54) is 7.11 Å². The average Bonchev–Trinajstić information content (AvgIpc) is 2.75. The Hall–Kier alpha value is -4.33. The molecule has 0 heterocycles. The van der Waals surface area contributed by atoms with Crippen molar-refractivity contribution in [2.24, 2.45) is 0 Å². The third-order valence-electron chi connectivity index (χ3n) is 3.56. The fraction of sp³-hybridized carbons (Fsp3) is 0.118. The molecule has 2 aromatic carbocycles. The van der Waals surface area contributed by atoms with Crippen LogP contribution in [0.3, 0.4) is 0 Å². The minimum Gasteiger partial charge on any atom is -0.493 e. The molecule has 0 radical (unpaired) electrons. The molecule has 0 bridgehead atoms. The van der Waals surface area contributed by atoms with Crippen molar-refractivity contribution >= 4 is 40.5 Å². The smallest absolute Gasteiger partial charge is 0.277 e. The molecule has 162 valence electrons. The van der Waals surface area contributed by atoms with Gasteiger partial charge in [-0.05, 0) is 24.4 Å². The fourth-order valence-electron chi connectivity index (χ4n) is 2.19. The normalized spacial score (nSPS) is 9.84. The number of para-hydroxylation sites is 2. The largest absolute Gasteiger partial charge is 0.493 e. The van der Waals surface area contributed by atoms with Crippen LogP contribution in [0, 0.1) is 20.2 Å². The number of nitrogens with one attached hydrogen (secondary N) is 3. The Bertz CT molecular complexity index is 1010. The molecule has 0 aromatic heterocycles. The van der Waals surface area contributed by atoms with E-state index < -0.39 is 39.6 Å². The molecule has 2 aromatic rings. The fourth-order valence-corrected chi connectivity index (χ4v) is 2.33. The van der Waals surface area contributed by atoms with Gasteiger partial charge in [0.25, 0.3) is 23.2 Å². The topological polar surface area (TPSA) is 175 Å². The molecule has 0 unspecified atom stereocenters. The van der Waals surface area contributed by atoms with E-state index in [0.717, 1.165) is 18.2 Å². The summed E-state index contributed by atoms with van der Waals surface area (Å²) in [5, 5.41) is 23.6. The second kappa shape index (κ2) is 10.4. The number of non-ortho nitro benzene ring substituents is 2. The van der Waals surface area contributed by atoms with Gasteiger partial charge < -0.3 is 9.47 Å². The highest BCUT2D eigenvalue weighted by molar-refractivity contribution is 7.80. The van der Waals surface area contributed by atoms with Crippen LogP contribution in [0.5, 0.6) is 11.5 Å². The van der Waals surface area contributed by atoms with Crippen LogP contribution in [0.15, 0.2) is 42.5 Å². The highest BCUT2D eigenvalue weighted by atomic mass is 32.1. The highest BCUT2D eigenvalue weighted by Gasteiger charge is 2.20. The van der Waals surface area contributed by atoms with E-state index in [4.69, 9.17) is 21.7 Å². The van der Waals surface area contributed by atoms with Crippen LogP contribution in [0.2, 0.25) is 0 Å². The standard InChI is InChI=1S/C17H15N5O8S/c1-29-13-4-2-3-5-14(13)30-9-15(23)19-20-17(31)18-16(24)10-6-11(21(25)26)8-12(7-10)22(27)28/h2-8H,9H2,1H3,(H,19,23)(H2,18,20,24,31). The lowest BCUT2D eigenvalue weighted by atomic mass is 10.1. The van der Waals surface area contributed by atoms with E-state index in [-0.39, 0.29) is 10.7 Å². The van der Waals surface area contributed by atoms with Gasteiger partial charge in [-0.1, -0.05) is 12.1 Å². The number of amides is 2. The summed E-state index contributed by atoms with van der Waals surface area (Å²) in [6, 6.07) is 9.09. The van der Waals surface area contributed by atoms with E-state index in [0.29, 0.717) is 11.5 Å². The van der Waals surface area contributed by atoms with Gasteiger partial charge in [0.2, 0.25) is 0 Å². The van der Waals surface area contributed by atoms with Gasteiger partial charge in [0.1, 0.15) is 0 Å². The molecule has 13 nitrogen and oxygen atoms in total. The average molecular weight is 449 g/mol. The van der Waals surface area contributed by atoms with Crippen LogP contribution in [0.1, 0.15) is 10.4 Å². The molecule has 0 fully saturated rings. The molecular formula is C17H15N5O8S. The van der Waals surface area contributed by atoms with Gasteiger partial charge in [-0.25, -0.2) is 0 Å². The number of nitro groups is 2. The van der Waals surface area contributed by atoms with Crippen LogP contribution in [-0.4, -0.2) is 40.5 Å². The van der Waals surface area contributed by atoms with Crippen LogP contribution >= 0.6 is 12.2 Å². The highest BCUT2D eigenvalue weighted by Crippen LogP contribution is 2.25. The summed E-state index contributed by atoms with van der Waals surface area (Å²) in [4.78, 5) is 44.1. The number of nitro benzene ring substituents is 2. The molecule has 3 N–H and O–H groups in total. The Kier molecular flexibility index (Phi) is 7.74. The molecule has 31 heavy (non-hydrogen) atoms. The number of carbonyl (C=O) groups excluding carboxylic acids is 2. The zero-order valence-electron chi connectivity index (χ0n) is 15.8. The number of hydrogen-bond acceptors (Lipinski definition) is 9. The molecule has 0 saturated heterocycles. The molecule has 0 aliphatic rings. The number of nitrogens with zero attached hydrogens (tertiary/aromatic N) is 2. The van der Waals surface area contributed by atoms with E-state index >= 15 is 0 Å². The minimum atomic E-state index is -0.955. The van der Waals surface area contributed by atoms with Crippen molar-refractivity contribution in [2.45, 2.75) is 0 Å². The SMILES string of the molecule is COc1ccccc1OCC(=O)NNC(=S)NC(=O)c1cc([N+](=O)[O-])cc([N+](=O)[O-])c1. The van der Waals surface area contributed by atoms with Crippen molar-refractivity contribution in [3.05, 3.63) is 68.3 Å². The van der Waals surface area contributed by atoms with Gasteiger partial charge in [-0.3, -0.25) is 46.0 Å². The van der Waals surface area contributed by atoms with E-state index in [1.54, 1.807) is 24.3 Å². The molecule has 0 aliphatic heterocycles. The molecule has 2 rings (SSSR count). The van der Waals surface area contributed by atoms with E-state index in [1.807, 2.05) is 0 Å². The van der Waals surface area contributed by atoms with Crippen LogP contribution in [-0.2, 0) is 4.79 Å². The van der Waals surface area contributed by atoms with Gasteiger partial charge in [0.05, 0.1) is 28.6 Å². The maximum absolute atomic E-state index is 12.2. The van der Waals surface area contributed by atoms with Crippen LogP contribution < -0.4 is 25.6 Å².